The third-order valence-electron chi connectivity index (χ3n) is 3.61. The van der Waals surface area contributed by atoms with Crippen LogP contribution in [0, 0.1) is 0 Å². The Hall–Kier alpha value is -1.36. The minimum atomic E-state index is -0.569. The minimum Gasteiger partial charge on any atom is -0.388 e. The fourth-order valence-electron chi connectivity index (χ4n) is 2.45. The zero-order valence-corrected chi connectivity index (χ0v) is 11.7. The van der Waals surface area contributed by atoms with E-state index in [1.165, 1.54) is 6.42 Å². The molecule has 1 aromatic heterocycles. The monoisotopic (exact) mass is 264 g/mol. The molecule has 0 radical (unpaired) electrons. The molecule has 1 aromatic rings. The van der Waals surface area contributed by atoms with Gasteiger partial charge in [0.1, 0.15) is 18.0 Å². The van der Waals surface area contributed by atoms with Crippen LogP contribution in [0.2, 0.25) is 0 Å². The molecule has 0 aliphatic heterocycles. The van der Waals surface area contributed by atoms with E-state index in [1.54, 1.807) is 6.33 Å². The Bertz CT molecular complexity index is 391. The molecule has 0 spiro atoms. The van der Waals surface area contributed by atoms with Crippen LogP contribution in [0.3, 0.4) is 0 Å². The van der Waals surface area contributed by atoms with E-state index in [0.717, 1.165) is 50.3 Å². The normalized spacial score (nSPS) is 18.0. The predicted molar refractivity (Wildman–Crippen MR) is 77.3 cm³/mol. The van der Waals surface area contributed by atoms with Gasteiger partial charge in [0.15, 0.2) is 0 Å². The maximum absolute atomic E-state index is 10.4. The number of anilines is 2. The number of aliphatic hydroxyl groups is 1. The van der Waals surface area contributed by atoms with Gasteiger partial charge in [-0.3, -0.25) is 0 Å². The highest BCUT2D eigenvalue weighted by Crippen LogP contribution is 2.28. The molecule has 2 rings (SSSR count). The van der Waals surface area contributed by atoms with Crippen LogP contribution in [0.15, 0.2) is 12.4 Å². The lowest BCUT2D eigenvalue weighted by atomic mass is 9.85. The maximum Gasteiger partial charge on any atom is 0.131 e. The van der Waals surface area contributed by atoms with E-state index in [-0.39, 0.29) is 0 Å². The van der Waals surface area contributed by atoms with Gasteiger partial charge in [-0.05, 0) is 19.3 Å². The fourth-order valence-corrected chi connectivity index (χ4v) is 2.45. The third kappa shape index (κ3) is 4.35. The average molecular weight is 264 g/mol. The van der Waals surface area contributed by atoms with Crippen LogP contribution in [0.1, 0.15) is 45.4 Å². The number of nitrogens with zero attached hydrogens (tertiary/aromatic N) is 2. The van der Waals surface area contributed by atoms with Crippen molar-refractivity contribution in [3.8, 4) is 0 Å². The molecule has 5 heteroatoms. The van der Waals surface area contributed by atoms with Gasteiger partial charge in [0.2, 0.25) is 0 Å². The molecule has 0 atom stereocenters. The van der Waals surface area contributed by atoms with E-state index >= 15 is 0 Å². The van der Waals surface area contributed by atoms with Crippen LogP contribution in [-0.2, 0) is 0 Å². The molecule has 0 aromatic carbocycles. The van der Waals surface area contributed by atoms with Crippen molar-refractivity contribution < 1.29 is 5.11 Å². The SMILES string of the molecule is CCCNc1cc(NCC2(O)CCCCC2)ncn1. The number of hydrogen-bond donors (Lipinski definition) is 3. The van der Waals surface area contributed by atoms with Crippen molar-refractivity contribution in [3.05, 3.63) is 12.4 Å². The van der Waals surface area contributed by atoms with Crippen LogP contribution < -0.4 is 10.6 Å². The summed E-state index contributed by atoms with van der Waals surface area (Å²) < 4.78 is 0. The Morgan fingerprint density at radius 2 is 1.84 bits per heavy atom. The molecule has 106 valence electrons. The number of nitrogens with one attached hydrogen (secondary N) is 2. The first-order chi connectivity index (χ1) is 9.22. The summed E-state index contributed by atoms with van der Waals surface area (Å²) in [7, 11) is 0. The summed E-state index contributed by atoms with van der Waals surface area (Å²) in [6.45, 7) is 3.59. The molecule has 0 bridgehead atoms. The van der Waals surface area contributed by atoms with E-state index in [0.29, 0.717) is 6.54 Å². The molecule has 5 nitrogen and oxygen atoms in total. The van der Waals surface area contributed by atoms with Crippen LogP contribution >= 0.6 is 0 Å². The lowest BCUT2D eigenvalue weighted by Gasteiger charge is -2.32. The summed E-state index contributed by atoms with van der Waals surface area (Å²) in [4.78, 5) is 8.35. The van der Waals surface area contributed by atoms with Crippen molar-refractivity contribution in [1.82, 2.24) is 9.97 Å². The highest BCUT2D eigenvalue weighted by molar-refractivity contribution is 5.46. The summed E-state index contributed by atoms with van der Waals surface area (Å²) in [5, 5.41) is 16.9. The van der Waals surface area contributed by atoms with E-state index in [9.17, 15) is 5.11 Å². The number of aromatic nitrogens is 2. The number of hydrogen-bond acceptors (Lipinski definition) is 5. The molecule has 1 heterocycles. The van der Waals surface area contributed by atoms with Crippen LogP contribution in [-0.4, -0.2) is 33.8 Å². The molecule has 3 N–H and O–H groups in total. The Morgan fingerprint density at radius 3 is 2.53 bits per heavy atom. The second kappa shape index (κ2) is 6.70. The van der Waals surface area contributed by atoms with Gasteiger partial charge in [-0.1, -0.05) is 26.2 Å². The zero-order valence-electron chi connectivity index (χ0n) is 11.7. The van der Waals surface area contributed by atoms with Gasteiger partial charge in [0.05, 0.1) is 5.60 Å². The van der Waals surface area contributed by atoms with E-state index < -0.39 is 5.60 Å². The van der Waals surface area contributed by atoms with Crippen LogP contribution in [0.25, 0.3) is 0 Å². The largest absolute Gasteiger partial charge is 0.388 e. The first kappa shape index (κ1) is 14.1. The van der Waals surface area contributed by atoms with Gasteiger partial charge >= 0.3 is 0 Å². The quantitative estimate of drug-likeness (QED) is 0.736. The number of rotatable bonds is 6. The maximum atomic E-state index is 10.4. The average Bonchev–Trinajstić information content (AvgIpc) is 2.44. The van der Waals surface area contributed by atoms with Crippen molar-refractivity contribution in [2.45, 2.75) is 51.0 Å². The van der Waals surface area contributed by atoms with Crippen molar-refractivity contribution in [2.75, 3.05) is 23.7 Å². The van der Waals surface area contributed by atoms with Gasteiger partial charge in [0, 0.05) is 19.2 Å². The minimum absolute atomic E-state index is 0.567. The molecular formula is C14H24N4O. The van der Waals surface area contributed by atoms with Crippen LogP contribution in [0.5, 0.6) is 0 Å². The molecule has 0 amide bonds. The Balaban J connectivity index is 1.88. The predicted octanol–water partition coefficient (Wildman–Crippen LogP) is 2.41. The van der Waals surface area contributed by atoms with Crippen molar-refractivity contribution >= 4 is 11.6 Å². The van der Waals surface area contributed by atoms with E-state index in [4.69, 9.17) is 0 Å². The van der Waals surface area contributed by atoms with Gasteiger partial charge in [-0.25, -0.2) is 9.97 Å². The third-order valence-corrected chi connectivity index (χ3v) is 3.61. The highest BCUT2D eigenvalue weighted by atomic mass is 16.3. The molecule has 1 fully saturated rings. The first-order valence-corrected chi connectivity index (χ1v) is 7.24. The topological polar surface area (TPSA) is 70.1 Å². The van der Waals surface area contributed by atoms with Crippen LogP contribution in [0.4, 0.5) is 11.6 Å². The van der Waals surface area contributed by atoms with Crippen molar-refractivity contribution in [1.29, 1.82) is 0 Å². The van der Waals surface area contributed by atoms with Crippen molar-refractivity contribution in [3.63, 3.8) is 0 Å². The fraction of sp³-hybridized carbons (Fsp3) is 0.714. The Labute approximate surface area is 114 Å². The summed E-state index contributed by atoms with van der Waals surface area (Å²) >= 11 is 0. The second-order valence-corrected chi connectivity index (χ2v) is 5.35. The van der Waals surface area contributed by atoms with Gasteiger partial charge < -0.3 is 15.7 Å². The lowest BCUT2D eigenvalue weighted by Crippen LogP contribution is -2.38. The first-order valence-electron chi connectivity index (χ1n) is 7.24. The summed E-state index contributed by atoms with van der Waals surface area (Å²) in [5.74, 6) is 1.60. The van der Waals surface area contributed by atoms with Gasteiger partial charge in [-0.15, -0.1) is 0 Å². The second-order valence-electron chi connectivity index (χ2n) is 5.35. The molecular weight excluding hydrogens is 240 g/mol. The standard InChI is InChI=1S/C14H24N4O/c1-2-8-15-12-9-13(18-11-17-12)16-10-14(19)6-4-3-5-7-14/h9,11,19H,2-8,10H2,1H3,(H2,15,16,17,18). The van der Waals surface area contributed by atoms with Gasteiger partial charge in [0.25, 0.3) is 0 Å². The smallest absolute Gasteiger partial charge is 0.131 e. The Kier molecular flexibility index (Phi) is 4.96. The summed E-state index contributed by atoms with van der Waals surface area (Å²) in [6, 6.07) is 1.89. The molecule has 0 saturated heterocycles. The lowest BCUT2D eigenvalue weighted by molar-refractivity contribution is 0.0166. The van der Waals surface area contributed by atoms with E-state index in [1.807, 2.05) is 6.07 Å². The van der Waals surface area contributed by atoms with Crippen molar-refractivity contribution in [2.24, 2.45) is 0 Å². The van der Waals surface area contributed by atoms with Gasteiger partial charge in [-0.2, -0.15) is 0 Å². The zero-order chi connectivity index (χ0) is 13.6. The van der Waals surface area contributed by atoms with E-state index in [2.05, 4.69) is 27.5 Å². The highest BCUT2D eigenvalue weighted by Gasteiger charge is 2.28. The molecule has 1 aliphatic carbocycles. The molecule has 0 unspecified atom stereocenters. The molecule has 1 saturated carbocycles. The molecule has 19 heavy (non-hydrogen) atoms. The summed E-state index contributed by atoms with van der Waals surface area (Å²) in [5.41, 5.74) is -0.569. The Morgan fingerprint density at radius 1 is 1.16 bits per heavy atom. The summed E-state index contributed by atoms with van der Waals surface area (Å²) in [6.07, 6.45) is 7.84. The molecule has 1 aliphatic rings.